The largest absolute Gasteiger partial charge is 0.387 e. The molecule has 0 radical (unpaired) electrons. The highest BCUT2D eigenvalue weighted by Crippen LogP contribution is 2.45. The molecular formula is C12H13F2NO3S. The molecule has 0 aromatic heterocycles. The van der Waals surface area contributed by atoms with Crippen molar-refractivity contribution < 1.29 is 22.3 Å². The van der Waals surface area contributed by atoms with E-state index in [0.29, 0.717) is 6.07 Å². The molecule has 0 spiro atoms. The molecular weight excluding hydrogens is 276 g/mol. The van der Waals surface area contributed by atoms with Crippen LogP contribution in [0.2, 0.25) is 0 Å². The summed E-state index contributed by atoms with van der Waals surface area (Å²) in [4.78, 5) is -0.676. The van der Waals surface area contributed by atoms with Gasteiger partial charge in [-0.2, -0.15) is 4.31 Å². The Kier molecular flexibility index (Phi) is 2.71. The topological polar surface area (TPSA) is 57.6 Å². The second-order valence-electron chi connectivity index (χ2n) is 5.23. The van der Waals surface area contributed by atoms with Gasteiger partial charge in [0.15, 0.2) is 0 Å². The van der Waals surface area contributed by atoms with Crippen molar-refractivity contribution in [3.63, 3.8) is 0 Å². The maximum atomic E-state index is 13.5. The van der Waals surface area contributed by atoms with Gasteiger partial charge < -0.3 is 5.11 Å². The van der Waals surface area contributed by atoms with Gasteiger partial charge in [-0.3, -0.25) is 0 Å². The summed E-state index contributed by atoms with van der Waals surface area (Å²) in [6, 6.07) is 2.32. The molecule has 19 heavy (non-hydrogen) atoms. The number of hydrogen-bond acceptors (Lipinski definition) is 3. The van der Waals surface area contributed by atoms with Gasteiger partial charge in [0.05, 0.1) is 5.60 Å². The molecule has 1 saturated heterocycles. The zero-order valence-electron chi connectivity index (χ0n) is 10.0. The Morgan fingerprint density at radius 3 is 2.47 bits per heavy atom. The van der Waals surface area contributed by atoms with Crippen LogP contribution in [0.15, 0.2) is 23.1 Å². The third-order valence-electron chi connectivity index (χ3n) is 3.75. The second kappa shape index (κ2) is 3.97. The molecule has 2 aliphatic rings. The van der Waals surface area contributed by atoms with Crippen molar-refractivity contribution in [2.24, 2.45) is 5.92 Å². The standard InChI is InChI=1S/C12H13F2NO3S/c13-9-3-4-10(14)11(5-9)19(17,18)15-6-12(16,7-15)8-1-2-8/h3-5,8,16H,1-2,6-7H2. The summed E-state index contributed by atoms with van der Waals surface area (Å²) in [6.07, 6.45) is 1.78. The molecule has 1 aliphatic heterocycles. The van der Waals surface area contributed by atoms with Crippen LogP contribution in [0.4, 0.5) is 8.78 Å². The Bertz CT molecular complexity index is 622. The number of benzene rings is 1. The average Bonchev–Trinajstić information content (AvgIpc) is 3.12. The molecule has 0 unspecified atom stereocenters. The quantitative estimate of drug-likeness (QED) is 0.907. The molecule has 1 aliphatic carbocycles. The van der Waals surface area contributed by atoms with Gasteiger partial charge in [-0.1, -0.05) is 0 Å². The highest BCUT2D eigenvalue weighted by Gasteiger charge is 2.55. The van der Waals surface area contributed by atoms with Crippen molar-refractivity contribution in [2.75, 3.05) is 13.1 Å². The van der Waals surface area contributed by atoms with Gasteiger partial charge in [0.25, 0.3) is 0 Å². The lowest BCUT2D eigenvalue weighted by Crippen LogP contribution is -2.64. The van der Waals surface area contributed by atoms with E-state index in [0.717, 1.165) is 29.3 Å². The minimum absolute atomic E-state index is 0.0457. The molecule has 2 fully saturated rings. The van der Waals surface area contributed by atoms with Gasteiger partial charge in [0.2, 0.25) is 10.0 Å². The molecule has 1 saturated carbocycles. The number of nitrogens with zero attached hydrogens (tertiary/aromatic N) is 1. The molecule has 1 N–H and O–H groups in total. The minimum Gasteiger partial charge on any atom is -0.387 e. The zero-order valence-corrected chi connectivity index (χ0v) is 10.8. The molecule has 0 atom stereocenters. The fourth-order valence-corrected chi connectivity index (χ4v) is 4.07. The van der Waals surface area contributed by atoms with Gasteiger partial charge in [0, 0.05) is 13.1 Å². The van der Waals surface area contributed by atoms with E-state index in [9.17, 15) is 22.3 Å². The van der Waals surface area contributed by atoms with Crippen LogP contribution >= 0.6 is 0 Å². The Hall–Kier alpha value is -1.05. The SMILES string of the molecule is O=S(=O)(c1cc(F)ccc1F)N1CC(O)(C2CC2)C1. The summed E-state index contributed by atoms with van der Waals surface area (Å²) in [5, 5.41) is 10.1. The normalized spacial score (nSPS) is 23.1. The third-order valence-corrected chi connectivity index (χ3v) is 5.56. The van der Waals surface area contributed by atoms with E-state index in [1.165, 1.54) is 0 Å². The first kappa shape index (κ1) is 13.0. The smallest absolute Gasteiger partial charge is 0.246 e. The van der Waals surface area contributed by atoms with Crippen molar-refractivity contribution in [1.29, 1.82) is 0 Å². The Morgan fingerprint density at radius 2 is 1.89 bits per heavy atom. The molecule has 4 nitrogen and oxygen atoms in total. The van der Waals surface area contributed by atoms with E-state index in [-0.39, 0.29) is 19.0 Å². The second-order valence-corrected chi connectivity index (χ2v) is 7.13. The molecule has 0 amide bonds. The van der Waals surface area contributed by atoms with E-state index >= 15 is 0 Å². The number of rotatable bonds is 3. The Morgan fingerprint density at radius 1 is 1.26 bits per heavy atom. The van der Waals surface area contributed by atoms with E-state index < -0.39 is 32.2 Å². The number of aliphatic hydroxyl groups is 1. The summed E-state index contributed by atoms with van der Waals surface area (Å²) < 4.78 is 51.8. The van der Waals surface area contributed by atoms with Gasteiger partial charge in [-0.15, -0.1) is 0 Å². The maximum Gasteiger partial charge on any atom is 0.246 e. The number of hydrogen-bond donors (Lipinski definition) is 1. The number of halogens is 2. The molecule has 104 valence electrons. The van der Waals surface area contributed by atoms with Crippen LogP contribution in [0, 0.1) is 17.6 Å². The van der Waals surface area contributed by atoms with E-state index in [1.54, 1.807) is 0 Å². The van der Waals surface area contributed by atoms with Gasteiger partial charge >= 0.3 is 0 Å². The van der Waals surface area contributed by atoms with Crippen molar-refractivity contribution >= 4 is 10.0 Å². The van der Waals surface area contributed by atoms with Crippen LogP contribution in [0.1, 0.15) is 12.8 Å². The lowest BCUT2D eigenvalue weighted by Gasteiger charge is -2.45. The van der Waals surface area contributed by atoms with Crippen LogP contribution < -0.4 is 0 Å². The average molecular weight is 289 g/mol. The van der Waals surface area contributed by atoms with Crippen LogP contribution in [0.3, 0.4) is 0 Å². The Balaban J connectivity index is 1.86. The van der Waals surface area contributed by atoms with Crippen LogP contribution in [-0.4, -0.2) is 36.5 Å². The van der Waals surface area contributed by atoms with Gasteiger partial charge in [-0.25, -0.2) is 17.2 Å². The summed E-state index contributed by atoms with van der Waals surface area (Å²) in [5.74, 6) is -1.66. The van der Waals surface area contributed by atoms with Gasteiger partial charge in [-0.05, 0) is 37.0 Å². The monoisotopic (exact) mass is 289 g/mol. The van der Waals surface area contributed by atoms with Crippen molar-refractivity contribution in [3.05, 3.63) is 29.8 Å². The lowest BCUT2D eigenvalue weighted by atomic mass is 9.91. The van der Waals surface area contributed by atoms with Crippen molar-refractivity contribution in [2.45, 2.75) is 23.3 Å². The summed E-state index contributed by atoms with van der Waals surface area (Å²) in [5.41, 5.74) is -0.989. The van der Waals surface area contributed by atoms with Crippen molar-refractivity contribution in [3.8, 4) is 0 Å². The van der Waals surface area contributed by atoms with Crippen LogP contribution in [-0.2, 0) is 10.0 Å². The highest BCUT2D eigenvalue weighted by atomic mass is 32.2. The molecule has 1 aromatic carbocycles. The first-order valence-electron chi connectivity index (χ1n) is 6.00. The van der Waals surface area contributed by atoms with E-state index in [4.69, 9.17) is 0 Å². The van der Waals surface area contributed by atoms with Gasteiger partial charge in [0.1, 0.15) is 16.5 Å². The molecule has 3 rings (SSSR count). The molecule has 0 bridgehead atoms. The fourth-order valence-electron chi connectivity index (χ4n) is 2.43. The number of sulfonamides is 1. The van der Waals surface area contributed by atoms with Crippen molar-refractivity contribution in [1.82, 2.24) is 4.31 Å². The van der Waals surface area contributed by atoms with E-state index in [2.05, 4.69) is 0 Å². The lowest BCUT2D eigenvalue weighted by molar-refractivity contribution is -0.0765. The molecule has 7 heteroatoms. The highest BCUT2D eigenvalue weighted by molar-refractivity contribution is 7.89. The predicted molar refractivity (Wildman–Crippen MR) is 62.8 cm³/mol. The van der Waals surface area contributed by atoms with Crippen LogP contribution in [0.25, 0.3) is 0 Å². The molecule has 1 aromatic rings. The van der Waals surface area contributed by atoms with Crippen LogP contribution in [0.5, 0.6) is 0 Å². The fraction of sp³-hybridized carbons (Fsp3) is 0.500. The zero-order chi connectivity index (χ0) is 13.8. The predicted octanol–water partition coefficient (Wildman–Crippen LogP) is 1.11. The summed E-state index contributed by atoms with van der Waals surface area (Å²) in [6.45, 7) is -0.0914. The first-order chi connectivity index (χ1) is 8.83. The number of β-amino-alcohol motifs (C(OH)–C–C–N with tert-alkyl or cyclic N) is 1. The summed E-state index contributed by atoms with van der Waals surface area (Å²) in [7, 11) is -4.07. The first-order valence-corrected chi connectivity index (χ1v) is 7.44. The minimum atomic E-state index is -4.07. The Labute approximate surface area is 109 Å². The summed E-state index contributed by atoms with van der Waals surface area (Å²) >= 11 is 0. The third kappa shape index (κ3) is 2.05. The molecule has 1 heterocycles. The maximum absolute atomic E-state index is 13.5. The van der Waals surface area contributed by atoms with E-state index in [1.807, 2.05) is 0 Å².